The highest BCUT2D eigenvalue weighted by molar-refractivity contribution is 9.09. The zero-order valence-electron chi connectivity index (χ0n) is 19.2. The molecular formula is C25H38OS5. The van der Waals surface area contributed by atoms with E-state index < -0.39 is 0 Å². The van der Waals surface area contributed by atoms with Crippen LogP contribution in [0, 0.1) is 0 Å². The Morgan fingerprint density at radius 2 is 1.74 bits per heavy atom. The molecule has 0 amide bonds. The van der Waals surface area contributed by atoms with Gasteiger partial charge in [-0.3, -0.25) is 0 Å². The third-order valence-electron chi connectivity index (χ3n) is 6.72. The van der Waals surface area contributed by atoms with Gasteiger partial charge < -0.3 is 5.11 Å². The molecule has 1 aromatic carbocycles. The van der Waals surface area contributed by atoms with Crippen molar-refractivity contribution in [2.24, 2.45) is 0 Å². The first-order valence-electron chi connectivity index (χ1n) is 12.0. The molecule has 4 aliphatic rings. The number of rotatable bonds is 10. The van der Waals surface area contributed by atoms with E-state index in [-0.39, 0.29) is 5.41 Å². The Hall–Kier alpha value is 0.770. The normalized spacial score (nSPS) is 30.4. The fraction of sp³-hybridized carbons (Fsp3) is 0.760. The second kappa shape index (κ2) is 11.5. The first-order chi connectivity index (χ1) is 14.9. The van der Waals surface area contributed by atoms with Gasteiger partial charge >= 0.3 is 0 Å². The maximum absolute atomic E-state index is 10.3. The molecule has 5 atom stereocenters. The molecule has 5 rings (SSSR count). The smallest absolute Gasteiger partial charge is 0.119 e. The van der Waals surface area contributed by atoms with Crippen molar-refractivity contribution in [3.05, 3.63) is 29.3 Å². The van der Waals surface area contributed by atoms with E-state index in [4.69, 9.17) is 0 Å². The SMILES string of the molecule is CC(C)(C)c1ccc(CCCCCCCC2SC2CC2SSSCC3CC2S3)cc1O. The van der Waals surface area contributed by atoms with E-state index in [1.165, 1.54) is 62.7 Å². The molecule has 4 aliphatic heterocycles. The fourth-order valence-corrected chi connectivity index (χ4v) is 13.2. The van der Waals surface area contributed by atoms with Gasteiger partial charge in [0.25, 0.3) is 0 Å². The Morgan fingerprint density at radius 3 is 2.52 bits per heavy atom. The van der Waals surface area contributed by atoms with Crippen LogP contribution in [0.1, 0.15) is 83.3 Å². The number of hydrogen-bond acceptors (Lipinski definition) is 6. The Labute approximate surface area is 210 Å². The van der Waals surface area contributed by atoms with E-state index in [0.29, 0.717) is 5.75 Å². The number of unbranched alkanes of at least 4 members (excludes halogenated alkanes) is 4. The van der Waals surface area contributed by atoms with Gasteiger partial charge in [0.1, 0.15) is 5.75 Å². The summed E-state index contributed by atoms with van der Waals surface area (Å²) in [4.78, 5) is 0. The standard InChI is InChI=1S/C25H38OS5/c1-25(2,3)19-12-11-17(13-20(19)26)9-7-5-4-6-8-10-21-23(29-21)15-24-22-14-18(28-22)16-27-31-30-24/h11-13,18,21-24,26H,4-10,14-16H2,1-3H3. The number of phenols is 1. The molecule has 5 unspecified atom stereocenters. The third kappa shape index (κ3) is 7.37. The van der Waals surface area contributed by atoms with E-state index in [2.05, 4.69) is 87.8 Å². The molecule has 0 spiro atoms. The fourth-order valence-electron chi connectivity index (χ4n) is 4.72. The maximum atomic E-state index is 10.3. The number of hydrogen-bond donors (Lipinski definition) is 1. The lowest BCUT2D eigenvalue weighted by molar-refractivity contribution is 0.445. The number of phenolic OH excluding ortho intramolecular Hbond substituents is 1. The third-order valence-corrected chi connectivity index (χ3v) is 14.9. The minimum atomic E-state index is 0.00659. The molecule has 4 fully saturated rings. The van der Waals surface area contributed by atoms with E-state index in [1.54, 1.807) is 0 Å². The Kier molecular flexibility index (Phi) is 9.20. The largest absolute Gasteiger partial charge is 0.508 e. The average molecular weight is 515 g/mol. The minimum Gasteiger partial charge on any atom is -0.508 e. The quantitative estimate of drug-likeness (QED) is 0.190. The van der Waals surface area contributed by atoms with E-state index in [9.17, 15) is 5.11 Å². The highest BCUT2D eigenvalue weighted by Gasteiger charge is 2.44. The zero-order chi connectivity index (χ0) is 21.8. The second-order valence-corrected chi connectivity index (χ2v) is 17.8. The molecule has 31 heavy (non-hydrogen) atoms. The number of benzene rings is 1. The van der Waals surface area contributed by atoms with Crippen LogP contribution in [-0.2, 0) is 11.8 Å². The van der Waals surface area contributed by atoms with Crippen molar-refractivity contribution >= 4 is 54.9 Å². The lowest BCUT2D eigenvalue weighted by Crippen LogP contribution is -2.37. The highest BCUT2D eigenvalue weighted by Crippen LogP contribution is 2.57. The summed E-state index contributed by atoms with van der Waals surface area (Å²) in [5, 5.41) is 15.1. The predicted octanol–water partition coefficient (Wildman–Crippen LogP) is 8.73. The lowest BCUT2D eigenvalue weighted by Gasteiger charge is -2.41. The van der Waals surface area contributed by atoms with E-state index >= 15 is 0 Å². The summed E-state index contributed by atoms with van der Waals surface area (Å²) in [5.41, 5.74) is 2.34. The van der Waals surface area contributed by atoms with Crippen LogP contribution in [0.2, 0.25) is 0 Å². The molecule has 0 saturated carbocycles. The van der Waals surface area contributed by atoms with Crippen LogP contribution in [0.25, 0.3) is 0 Å². The Balaban J connectivity index is 1.04. The zero-order valence-corrected chi connectivity index (χ0v) is 23.3. The lowest BCUT2D eigenvalue weighted by atomic mass is 9.85. The number of aryl methyl sites for hydroxylation is 1. The summed E-state index contributed by atoms with van der Waals surface area (Å²) >= 11 is 4.55. The first kappa shape index (κ1) is 24.9. The summed E-state index contributed by atoms with van der Waals surface area (Å²) in [5.74, 6) is 1.82. The van der Waals surface area contributed by atoms with Gasteiger partial charge in [0.05, 0.1) is 0 Å². The highest BCUT2D eigenvalue weighted by atomic mass is 33.5. The summed E-state index contributed by atoms with van der Waals surface area (Å²) in [6, 6.07) is 6.31. The van der Waals surface area contributed by atoms with Crippen molar-refractivity contribution in [2.45, 2.75) is 110 Å². The first-order valence-corrected chi connectivity index (χ1v) is 17.6. The van der Waals surface area contributed by atoms with Gasteiger partial charge in [0, 0.05) is 32.0 Å². The van der Waals surface area contributed by atoms with Crippen LogP contribution < -0.4 is 0 Å². The van der Waals surface area contributed by atoms with Gasteiger partial charge in [0.2, 0.25) is 0 Å². The molecule has 1 aromatic rings. The number of aromatic hydroxyl groups is 1. The molecule has 174 valence electrons. The molecule has 1 nitrogen and oxygen atoms in total. The van der Waals surface area contributed by atoms with Gasteiger partial charge in [-0.05, 0) is 64.5 Å². The molecule has 1 N–H and O–H groups in total. The summed E-state index contributed by atoms with van der Waals surface area (Å²) in [7, 11) is 6.34. The monoisotopic (exact) mass is 514 g/mol. The van der Waals surface area contributed by atoms with Crippen LogP contribution >= 0.6 is 54.9 Å². The van der Waals surface area contributed by atoms with Crippen molar-refractivity contribution in [3.8, 4) is 5.75 Å². The molecule has 4 saturated heterocycles. The Morgan fingerprint density at radius 1 is 0.968 bits per heavy atom. The van der Waals surface area contributed by atoms with E-state index in [0.717, 1.165) is 38.2 Å². The second-order valence-electron chi connectivity index (χ2n) is 10.4. The minimum absolute atomic E-state index is 0.00659. The number of fused-ring (bicyclic) bond motifs is 4. The van der Waals surface area contributed by atoms with Gasteiger partial charge in [-0.25, -0.2) is 0 Å². The van der Waals surface area contributed by atoms with Crippen molar-refractivity contribution in [1.29, 1.82) is 0 Å². The topological polar surface area (TPSA) is 20.2 Å². The van der Waals surface area contributed by atoms with Crippen LogP contribution in [-0.4, -0.2) is 37.1 Å². The molecule has 6 heteroatoms. The molecule has 0 radical (unpaired) electrons. The van der Waals surface area contributed by atoms with Gasteiger partial charge in [-0.2, -0.15) is 23.5 Å². The molecular weight excluding hydrogens is 477 g/mol. The summed E-state index contributed by atoms with van der Waals surface area (Å²) in [6.07, 6.45) is 12.2. The molecule has 2 bridgehead atoms. The summed E-state index contributed by atoms with van der Waals surface area (Å²) < 4.78 is 0. The predicted molar refractivity (Wildman–Crippen MR) is 149 cm³/mol. The van der Waals surface area contributed by atoms with Crippen molar-refractivity contribution in [2.75, 3.05) is 5.75 Å². The van der Waals surface area contributed by atoms with Crippen molar-refractivity contribution in [1.82, 2.24) is 0 Å². The molecule has 4 heterocycles. The van der Waals surface area contributed by atoms with Crippen molar-refractivity contribution in [3.63, 3.8) is 0 Å². The van der Waals surface area contributed by atoms with Crippen LogP contribution in [0.4, 0.5) is 0 Å². The van der Waals surface area contributed by atoms with Crippen LogP contribution in [0.5, 0.6) is 5.75 Å². The molecule has 0 aromatic heterocycles. The Bertz CT molecular complexity index is 712. The van der Waals surface area contributed by atoms with Gasteiger partial charge in [-0.15, -0.1) is 0 Å². The average Bonchev–Trinajstić information content (AvgIpc) is 3.38. The molecule has 0 aliphatic carbocycles. The van der Waals surface area contributed by atoms with Gasteiger partial charge in [-0.1, -0.05) is 80.2 Å². The van der Waals surface area contributed by atoms with E-state index in [1.807, 2.05) is 6.07 Å². The number of thioether (sulfide) groups is 2. The van der Waals surface area contributed by atoms with Crippen LogP contribution in [0.15, 0.2) is 18.2 Å². The van der Waals surface area contributed by atoms with Crippen molar-refractivity contribution < 1.29 is 5.11 Å². The van der Waals surface area contributed by atoms with Gasteiger partial charge in [0.15, 0.2) is 0 Å². The maximum Gasteiger partial charge on any atom is 0.119 e. The van der Waals surface area contributed by atoms with Crippen LogP contribution in [0.3, 0.4) is 0 Å². The summed E-state index contributed by atoms with van der Waals surface area (Å²) in [6.45, 7) is 6.46.